The molecule has 2 atom stereocenters. The van der Waals surface area contributed by atoms with E-state index in [1.807, 2.05) is 0 Å². The highest BCUT2D eigenvalue weighted by Crippen LogP contribution is 2.10. The number of carbonyl (C=O) groups excluding carboxylic acids is 1. The number of aliphatic hydroxyl groups excluding tert-OH is 2. The monoisotopic (exact) mass is 285 g/mol. The number of ether oxygens (including phenoxy) is 2. The molecule has 0 radical (unpaired) electrons. The summed E-state index contributed by atoms with van der Waals surface area (Å²) in [6.45, 7) is 3.70. The molecule has 0 bridgehead atoms. The Kier molecular flexibility index (Phi) is 9.36. The van der Waals surface area contributed by atoms with E-state index in [2.05, 4.69) is 4.74 Å². The van der Waals surface area contributed by atoms with Crippen molar-refractivity contribution in [2.24, 2.45) is 0 Å². The summed E-state index contributed by atoms with van der Waals surface area (Å²) in [5, 5.41) is 17.1. The first kappa shape index (κ1) is 18.4. The van der Waals surface area contributed by atoms with Crippen molar-refractivity contribution in [2.75, 3.05) is 26.1 Å². The number of methoxy groups -OCH3 is 1. The summed E-state index contributed by atoms with van der Waals surface area (Å²) >= 11 is 0. The van der Waals surface area contributed by atoms with Crippen LogP contribution in [-0.4, -0.2) is 48.7 Å². The van der Waals surface area contributed by atoms with E-state index in [9.17, 15) is 4.79 Å². The summed E-state index contributed by atoms with van der Waals surface area (Å²) in [7, 11) is 1.33. The SMILES string of the molecule is CC(O)COC(C)CO.COC(=O)c1ccccc1N. The summed E-state index contributed by atoms with van der Waals surface area (Å²) in [6.07, 6.45) is -0.612. The number of para-hydroxylation sites is 1. The van der Waals surface area contributed by atoms with E-state index in [1.54, 1.807) is 38.1 Å². The van der Waals surface area contributed by atoms with Crippen LogP contribution < -0.4 is 5.73 Å². The zero-order valence-electron chi connectivity index (χ0n) is 12.1. The highest BCUT2D eigenvalue weighted by molar-refractivity contribution is 5.94. The van der Waals surface area contributed by atoms with Gasteiger partial charge < -0.3 is 25.4 Å². The van der Waals surface area contributed by atoms with Gasteiger partial charge in [-0.25, -0.2) is 4.79 Å². The third-order valence-corrected chi connectivity index (χ3v) is 2.25. The second-order valence-electron chi connectivity index (χ2n) is 4.25. The van der Waals surface area contributed by atoms with Crippen molar-refractivity contribution < 1.29 is 24.5 Å². The summed E-state index contributed by atoms with van der Waals surface area (Å²) in [6, 6.07) is 6.79. The minimum Gasteiger partial charge on any atom is -0.465 e. The Morgan fingerprint density at radius 3 is 2.40 bits per heavy atom. The number of hydrogen-bond acceptors (Lipinski definition) is 6. The molecule has 114 valence electrons. The van der Waals surface area contributed by atoms with Crippen molar-refractivity contribution in [1.29, 1.82) is 0 Å². The van der Waals surface area contributed by atoms with Gasteiger partial charge in [-0.1, -0.05) is 12.1 Å². The number of rotatable bonds is 5. The Morgan fingerprint density at radius 2 is 1.95 bits per heavy atom. The summed E-state index contributed by atoms with van der Waals surface area (Å²) in [5.41, 5.74) is 6.35. The molecule has 0 saturated carbocycles. The molecule has 1 rings (SSSR count). The van der Waals surface area contributed by atoms with Gasteiger partial charge in [-0.3, -0.25) is 0 Å². The molecule has 0 spiro atoms. The van der Waals surface area contributed by atoms with Gasteiger partial charge in [-0.2, -0.15) is 0 Å². The number of aliphatic hydroxyl groups is 2. The summed E-state index contributed by atoms with van der Waals surface area (Å²) in [4.78, 5) is 10.9. The molecule has 6 nitrogen and oxygen atoms in total. The van der Waals surface area contributed by atoms with Gasteiger partial charge in [0.15, 0.2) is 0 Å². The van der Waals surface area contributed by atoms with Gasteiger partial charge in [0.1, 0.15) is 0 Å². The van der Waals surface area contributed by atoms with Gasteiger partial charge >= 0.3 is 5.97 Å². The molecule has 0 amide bonds. The van der Waals surface area contributed by atoms with E-state index < -0.39 is 12.1 Å². The minimum atomic E-state index is -0.445. The molecule has 4 N–H and O–H groups in total. The molecule has 1 aromatic rings. The zero-order chi connectivity index (χ0) is 15.5. The van der Waals surface area contributed by atoms with Crippen LogP contribution >= 0.6 is 0 Å². The highest BCUT2D eigenvalue weighted by Gasteiger charge is 2.06. The first-order valence-corrected chi connectivity index (χ1v) is 6.25. The quantitative estimate of drug-likeness (QED) is 0.547. The normalized spacial score (nSPS) is 12.8. The van der Waals surface area contributed by atoms with Crippen molar-refractivity contribution in [3.05, 3.63) is 29.8 Å². The lowest BCUT2D eigenvalue weighted by molar-refractivity contribution is -0.0177. The van der Waals surface area contributed by atoms with Crippen LogP contribution in [0.1, 0.15) is 24.2 Å². The van der Waals surface area contributed by atoms with Crippen molar-refractivity contribution in [2.45, 2.75) is 26.1 Å². The molecule has 1 aromatic carbocycles. The molecule has 0 heterocycles. The number of anilines is 1. The van der Waals surface area contributed by atoms with Crippen molar-refractivity contribution in [1.82, 2.24) is 0 Å². The van der Waals surface area contributed by atoms with Crippen molar-refractivity contribution in [3.63, 3.8) is 0 Å². The largest absolute Gasteiger partial charge is 0.465 e. The average molecular weight is 285 g/mol. The molecule has 0 aliphatic heterocycles. The molecular formula is C14H23NO5. The maximum absolute atomic E-state index is 10.9. The van der Waals surface area contributed by atoms with Crippen molar-refractivity contribution in [3.8, 4) is 0 Å². The third kappa shape index (κ3) is 7.73. The smallest absolute Gasteiger partial charge is 0.339 e. The molecule has 0 aromatic heterocycles. The number of benzene rings is 1. The van der Waals surface area contributed by atoms with Crippen LogP contribution in [0, 0.1) is 0 Å². The molecule has 2 unspecified atom stereocenters. The fourth-order valence-electron chi connectivity index (χ4n) is 1.15. The van der Waals surface area contributed by atoms with Crippen LogP contribution in [0.5, 0.6) is 0 Å². The zero-order valence-corrected chi connectivity index (χ0v) is 12.1. The van der Waals surface area contributed by atoms with E-state index in [-0.39, 0.29) is 12.7 Å². The van der Waals surface area contributed by atoms with Crippen LogP contribution in [0.3, 0.4) is 0 Å². The predicted octanol–water partition coefficient (Wildman–Crippen LogP) is 0.820. The Morgan fingerprint density at radius 1 is 1.35 bits per heavy atom. The van der Waals surface area contributed by atoms with E-state index in [1.165, 1.54) is 7.11 Å². The topological polar surface area (TPSA) is 102 Å². The Labute approximate surface area is 119 Å². The van der Waals surface area contributed by atoms with Gasteiger partial charge in [0, 0.05) is 5.69 Å². The number of nitrogen functional groups attached to an aromatic ring is 1. The fraction of sp³-hybridized carbons (Fsp3) is 0.500. The number of esters is 1. The van der Waals surface area contributed by atoms with E-state index in [0.717, 1.165) is 0 Å². The lowest BCUT2D eigenvalue weighted by Gasteiger charge is -2.10. The lowest BCUT2D eigenvalue weighted by atomic mass is 10.2. The maximum atomic E-state index is 10.9. The van der Waals surface area contributed by atoms with Crippen LogP contribution in [0.2, 0.25) is 0 Å². The van der Waals surface area contributed by atoms with Gasteiger partial charge in [0.05, 0.1) is 38.1 Å². The lowest BCUT2D eigenvalue weighted by Crippen LogP contribution is -2.19. The summed E-state index contributed by atoms with van der Waals surface area (Å²) in [5.74, 6) is -0.400. The second kappa shape index (κ2) is 10.2. The maximum Gasteiger partial charge on any atom is 0.339 e. The minimum absolute atomic E-state index is 0.00667. The van der Waals surface area contributed by atoms with E-state index in [4.69, 9.17) is 20.7 Å². The Bertz CT molecular complexity index is 395. The fourth-order valence-corrected chi connectivity index (χ4v) is 1.15. The van der Waals surface area contributed by atoms with Gasteiger partial charge in [0.25, 0.3) is 0 Å². The summed E-state index contributed by atoms with van der Waals surface area (Å²) < 4.78 is 9.45. The Balaban J connectivity index is 0.000000370. The molecule has 0 saturated heterocycles. The van der Waals surface area contributed by atoms with Crippen LogP contribution in [0.25, 0.3) is 0 Å². The number of hydrogen-bond donors (Lipinski definition) is 3. The predicted molar refractivity (Wildman–Crippen MR) is 76.4 cm³/mol. The second-order valence-corrected chi connectivity index (χ2v) is 4.25. The highest BCUT2D eigenvalue weighted by atomic mass is 16.5. The average Bonchev–Trinajstić information content (AvgIpc) is 2.45. The van der Waals surface area contributed by atoms with E-state index >= 15 is 0 Å². The van der Waals surface area contributed by atoms with Crippen LogP contribution in [0.4, 0.5) is 5.69 Å². The van der Waals surface area contributed by atoms with Gasteiger partial charge in [-0.15, -0.1) is 0 Å². The van der Waals surface area contributed by atoms with Crippen LogP contribution in [-0.2, 0) is 9.47 Å². The van der Waals surface area contributed by atoms with Gasteiger partial charge in [-0.05, 0) is 26.0 Å². The first-order chi connectivity index (χ1) is 9.42. The Hall–Kier alpha value is -1.63. The molecule has 6 heteroatoms. The van der Waals surface area contributed by atoms with Gasteiger partial charge in [0.2, 0.25) is 0 Å². The number of nitrogens with two attached hydrogens (primary N) is 1. The van der Waals surface area contributed by atoms with Crippen molar-refractivity contribution >= 4 is 11.7 Å². The van der Waals surface area contributed by atoms with Crippen LogP contribution in [0.15, 0.2) is 24.3 Å². The van der Waals surface area contributed by atoms with E-state index in [0.29, 0.717) is 17.9 Å². The molecule has 20 heavy (non-hydrogen) atoms. The number of carbonyl (C=O) groups is 1. The molecule has 0 aliphatic carbocycles. The molecule has 0 fully saturated rings. The molecule has 0 aliphatic rings. The molecular weight excluding hydrogens is 262 g/mol. The first-order valence-electron chi connectivity index (χ1n) is 6.25. The standard InChI is InChI=1S/C8H9NO2.C6H14O3/c1-11-8(10)6-4-2-3-5-7(6)9;1-5(8)4-9-6(2)3-7/h2-5H,9H2,1H3;5-8H,3-4H2,1-2H3. The third-order valence-electron chi connectivity index (χ3n) is 2.25.